The van der Waals surface area contributed by atoms with Gasteiger partial charge in [0.2, 0.25) is 0 Å². The third kappa shape index (κ3) is 3.19. The standard InChI is InChI=1S/C12H17BrFNO/c1-9(7-13)15(2)8-10-5-4-6-11(16-3)12(10)14/h4-6,9H,7-8H2,1-3H3. The van der Waals surface area contributed by atoms with Crippen molar-refractivity contribution >= 4 is 15.9 Å². The van der Waals surface area contributed by atoms with E-state index in [9.17, 15) is 4.39 Å². The van der Waals surface area contributed by atoms with Gasteiger partial charge in [-0.1, -0.05) is 28.1 Å². The van der Waals surface area contributed by atoms with Crippen LogP contribution in [-0.2, 0) is 6.54 Å². The molecule has 0 heterocycles. The molecule has 0 saturated heterocycles. The van der Waals surface area contributed by atoms with Gasteiger partial charge in [-0.15, -0.1) is 0 Å². The summed E-state index contributed by atoms with van der Waals surface area (Å²) in [5, 5.41) is 0.870. The van der Waals surface area contributed by atoms with Crippen LogP contribution >= 0.6 is 15.9 Å². The van der Waals surface area contributed by atoms with Crippen molar-refractivity contribution in [3.05, 3.63) is 29.6 Å². The first kappa shape index (κ1) is 13.5. The molecule has 0 aromatic heterocycles. The number of nitrogens with zero attached hydrogens (tertiary/aromatic N) is 1. The summed E-state index contributed by atoms with van der Waals surface area (Å²) in [7, 11) is 3.46. The van der Waals surface area contributed by atoms with E-state index in [1.54, 1.807) is 12.1 Å². The molecule has 4 heteroatoms. The minimum atomic E-state index is -0.265. The molecule has 0 aliphatic rings. The Morgan fingerprint density at radius 1 is 1.50 bits per heavy atom. The molecule has 1 unspecified atom stereocenters. The van der Waals surface area contributed by atoms with Crippen LogP contribution in [0.25, 0.3) is 0 Å². The van der Waals surface area contributed by atoms with E-state index in [1.165, 1.54) is 7.11 Å². The van der Waals surface area contributed by atoms with E-state index < -0.39 is 0 Å². The second kappa shape index (κ2) is 6.21. The van der Waals surface area contributed by atoms with Crippen LogP contribution in [0.5, 0.6) is 5.75 Å². The van der Waals surface area contributed by atoms with Crippen molar-refractivity contribution in [2.24, 2.45) is 0 Å². The number of ether oxygens (including phenoxy) is 1. The van der Waals surface area contributed by atoms with Gasteiger partial charge in [0.1, 0.15) is 0 Å². The third-order valence-corrected chi connectivity index (χ3v) is 3.60. The Morgan fingerprint density at radius 3 is 2.75 bits per heavy atom. The average molecular weight is 290 g/mol. The first-order valence-electron chi connectivity index (χ1n) is 5.17. The molecule has 0 N–H and O–H groups in total. The second-order valence-corrected chi connectivity index (χ2v) is 4.50. The monoisotopic (exact) mass is 289 g/mol. The molecule has 0 fully saturated rings. The molecule has 1 aromatic rings. The molecule has 1 aromatic carbocycles. The summed E-state index contributed by atoms with van der Waals surface area (Å²) in [4.78, 5) is 2.09. The molecular formula is C12H17BrFNO. The highest BCUT2D eigenvalue weighted by atomic mass is 79.9. The molecule has 1 atom stereocenters. The van der Waals surface area contributed by atoms with Crippen molar-refractivity contribution in [3.63, 3.8) is 0 Å². The minimum absolute atomic E-state index is 0.265. The molecular weight excluding hydrogens is 273 g/mol. The zero-order valence-electron chi connectivity index (χ0n) is 9.84. The van der Waals surface area contributed by atoms with E-state index in [4.69, 9.17) is 4.74 Å². The lowest BCUT2D eigenvalue weighted by Gasteiger charge is -2.23. The summed E-state index contributed by atoms with van der Waals surface area (Å²) in [5.74, 6) is 0.0380. The van der Waals surface area contributed by atoms with Gasteiger partial charge in [-0.05, 0) is 20.0 Å². The Bertz CT molecular complexity index is 346. The highest BCUT2D eigenvalue weighted by molar-refractivity contribution is 9.09. The number of hydrogen-bond acceptors (Lipinski definition) is 2. The van der Waals surface area contributed by atoms with Gasteiger partial charge in [-0.25, -0.2) is 4.39 Å². The summed E-state index contributed by atoms with van der Waals surface area (Å²) in [6.07, 6.45) is 0. The fraction of sp³-hybridized carbons (Fsp3) is 0.500. The van der Waals surface area contributed by atoms with Gasteiger partial charge in [0.15, 0.2) is 11.6 Å². The van der Waals surface area contributed by atoms with E-state index in [2.05, 4.69) is 27.8 Å². The van der Waals surface area contributed by atoms with Gasteiger partial charge < -0.3 is 4.74 Å². The summed E-state index contributed by atoms with van der Waals surface area (Å²) in [6.45, 7) is 2.67. The Morgan fingerprint density at radius 2 is 2.19 bits per heavy atom. The van der Waals surface area contributed by atoms with Crippen LogP contribution < -0.4 is 4.74 Å². The number of rotatable bonds is 5. The maximum Gasteiger partial charge on any atom is 0.169 e. The highest BCUT2D eigenvalue weighted by Crippen LogP contribution is 2.21. The van der Waals surface area contributed by atoms with E-state index in [0.29, 0.717) is 23.9 Å². The smallest absolute Gasteiger partial charge is 0.169 e. The van der Waals surface area contributed by atoms with Crippen molar-refractivity contribution in [2.75, 3.05) is 19.5 Å². The topological polar surface area (TPSA) is 12.5 Å². The van der Waals surface area contributed by atoms with Crippen LogP contribution in [0.4, 0.5) is 4.39 Å². The van der Waals surface area contributed by atoms with E-state index in [1.807, 2.05) is 13.1 Å². The van der Waals surface area contributed by atoms with Gasteiger partial charge in [0.05, 0.1) is 7.11 Å². The quantitative estimate of drug-likeness (QED) is 0.773. The predicted octanol–water partition coefficient (Wildman–Crippen LogP) is 3.05. The minimum Gasteiger partial charge on any atom is -0.494 e. The summed E-state index contributed by atoms with van der Waals surface area (Å²) >= 11 is 3.42. The molecule has 0 aliphatic heterocycles. The van der Waals surface area contributed by atoms with Gasteiger partial charge in [-0.3, -0.25) is 4.90 Å². The lowest BCUT2D eigenvalue weighted by molar-refractivity contribution is 0.265. The molecule has 2 nitrogen and oxygen atoms in total. The van der Waals surface area contributed by atoms with Crippen LogP contribution in [0.15, 0.2) is 18.2 Å². The molecule has 90 valence electrons. The zero-order valence-corrected chi connectivity index (χ0v) is 11.4. The number of methoxy groups -OCH3 is 1. The SMILES string of the molecule is COc1cccc(CN(C)C(C)CBr)c1F. The molecule has 0 spiro atoms. The maximum absolute atomic E-state index is 13.8. The van der Waals surface area contributed by atoms with Crippen molar-refractivity contribution in [1.82, 2.24) is 4.90 Å². The van der Waals surface area contributed by atoms with Gasteiger partial charge in [-0.2, -0.15) is 0 Å². The number of halogens is 2. The Balaban J connectivity index is 2.81. The van der Waals surface area contributed by atoms with Crippen LogP contribution in [0.1, 0.15) is 12.5 Å². The Kier molecular flexibility index (Phi) is 5.22. The molecule has 0 amide bonds. The first-order valence-corrected chi connectivity index (χ1v) is 6.29. The van der Waals surface area contributed by atoms with Gasteiger partial charge in [0, 0.05) is 23.5 Å². The van der Waals surface area contributed by atoms with E-state index in [-0.39, 0.29) is 5.82 Å². The van der Waals surface area contributed by atoms with E-state index >= 15 is 0 Å². The number of hydrogen-bond donors (Lipinski definition) is 0. The molecule has 0 saturated carbocycles. The fourth-order valence-electron chi connectivity index (χ4n) is 1.38. The van der Waals surface area contributed by atoms with Gasteiger partial charge >= 0.3 is 0 Å². The van der Waals surface area contributed by atoms with Crippen LogP contribution in [0.2, 0.25) is 0 Å². The number of alkyl halides is 1. The normalized spacial score (nSPS) is 12.9. The third-order valence-electron chi connectivity index (χ3n) is 2.66. The van der Waals surface area contributed by atoms with E-state index in [0.717, 1.165) is 5.33 Å². The Labute approximate surface area is 105 Å². The highest BCUT2D eigenvalue weighted by Gasteiger charge is 2.13. The summed E-state index contributed by atoms with van der Waals surface area (Å²) in [6, 6.07) is 5.59. The molecule has 16 heavy (non-hydrogen) atoms. The lowest BCUT2D eigenvalue weighted by atomic mass is 10.1. The molecule has 0 bridgehead atoms. The molecule has 0 radical (unpaired) electrons. The average Bonchev–Trinajstić information content (AvgIpc) is 2.30. The summed E-state index contributed by atoms with van der Waals surface area (Å²) < 4.78 is 18.8. The fourth-order valence-corrected chi connectivity index (χ4v) is 1.87. The molecule has 1 rings (SSSR count). The summed E-state index contributed by atoms with van der Waals surface area (Å²) in [5.41, 5.74) is 0.662. The van der Waals surface area contributed by atoms with Crippen molar-refractivity contribution in [2.45, 2.75) is 19.5 Å². The Hall–Kier alpha value is -0.610. The van der Waals surface area contributed by atoms with Crippen LogP contribution in [0, 0.1) is 5.82 Å². The largest absolute Gasteiger partial charge is 0.494 e. The predicted molar refractivity (Wildman–Crippen MR) is 67.7 cm³/mol. The zero-order chi connectivity index (χ0) is 12.1. The van der Waals surface area contributed by atoms with Crippen molar-refractivity contribution in [1.29, 1.82) is 0 Å². The first-order chi connectivity index (χ1) is 7.60. The van der Waals surface area contributed by atoms with Crippen LogP contribution in [-0.4, -0.2) is 30.4 Å². The lowest BCUT2D eigenvalue weighted by Crippen LogP contribution is -2.30. The second-order valence-electron chi connectivity index (χ2n) is 3.85. The number of benzene rings is 1. The van der Waals surface area contributed by atoms with Crippen LogP contribution in [0.3, 0.4) is 0 Å². The maximum atomic E-state index is 13.8. The van der Waals surface area contributed by atoms with Crippen molar-refractivity contribution < 1.29 is 9.13 Å². The van der Waals surface area contributed by atoms with Gasteiger partial charge in [0.25, 0.3) is 0 Å². The van der Waals surface area contributed by atoms with Crippen molar-refractivity contribution in [3.8, 4) is 5.75 Å². The molecule has 0 aliphatic carbocycles.